The molecule has 0 radical (unpaired) electrons. The van der Waals surface area contributed by atoms with Gasteiger partial charge in [0.2, 0.25) is 10.0 Å². The van der Waals surface area contributed by atoms with E-state index in [1.165, 1.54) is 16.4 Å². The molecule has 2 N–H and O–H groups in total. The van der Waals surface area contributed by atoms with Crippen LogP contribution in [0.25, 0.3) is 0 Å². The van der Waals surface area contributed by atoms with Crippen molar-refractivity contribution in [3.05, 3.63) is 29.6 Å². The molecule has 1 heterocycles. The van der Waals surface area contributed by atoms with Crippen molar-refractivity contribution in [2.24, 2.45) is 5.73 Å². The van der Waals surface area contributed by atoms with Crippen LogP contribution in [0.1, 0.15) is 25.3 Å². The predicted molar refractivity (Wildman–Crippen MR) is 71.7 cm³/mol. The van der Waals surface area contributed by atoms with Crippen molar-refractivity contribution in [1.29, 1.82) is 0 Å². The molecule has 1 aliphatic heterocycles. The maximum atomic E-state index is 13.5. The lowest BCUT2D eigenvalue weighted by molar-refractivity contribution is 0.247. The molecule has 0 unspecified atom stereocenters. The van der Waals surface area contributed by atoms with Gasteiger partial charge in [-0.1, -0.05) is 6.07 Å². The van der Waals surface area contributed by atoms with Crippen LogP contribution < -0.4 is 5.73 Å². The molecular formula is C13H19FN2O2S. The third kappa shape index (κ3) is 2.80. The van der Waals surface area contributed by atoms with E-state index in [9.17, 15) is 12.8 Å². The third-order valence-corrected chi connectivity index (χ3v) is 5.62. The lowest BCUT2D eigenvalue weighted by Crippen LogP contribution is -2.48. The Morgan fingerprint density at radius 2 is 2.11 bits per heavy atom. The fraction of sp³-hybridized carbons (Fsp3) is 0.538. The molecule has 0 saturated carbocycles. The molecule has 0 bridgehead atoms. The number of rotatable bonds is 2. The second kappa shape index (κ2) is 5.19. The summed E-state index contributed by atoms with van der Waals surface area (Å²) in [6, 6.07) is 3.91. The summed E-state index contributed by atoms with van der Waals surface area (Å²) >= 11 is 0. The largest absolute Gasteiger partial charge is 0.328 e. The Labute approximate surface area is 113 Å². The summed E-state index contributed by atoms with van der Waals surface area (Å²) in [5.41, 5.74) is 6.27. The van der Waals surface area contributed by atoms with Crippen molar-refractivity contribution in [3.63, 3.8) is 0 Å². The highest BCUT2D eigenvalue weighted by Gasteiger charge is 2.33. The van der Waals surface area contributed by atoms with Crippen molar-refractivity contribution >= 4 is 10.0 Å². The normalized spacial score (nSPS) is 25.5. The van der Waals surface area contributed by atoms with Gasteiger partial charge in [-0.05, 0) is 44.4 Å². The van der Waals surface area contributed by atoms with Crippen LogP contribution in [0.15, 0.2) is 23.1 Å². The zero-order valence-electron chi connectivity index (χ0n) is 11.1. The molecule has 19 heavy (non-hydrogen) atoms. The first-order chi connectivity index (χ1) is 8.82. The Bertz CT molecular complexity index is 574. The third-order valence-electron chi connectivity index (χ3n) is 3.61. The molecule has 0 aromatic heterocycles. The summed E-state index contributed by atoms with van der Waals surface area (Å²) in [6.07, 6.45) is 1.27. The Morgan fingerprint density at radius 3 is 2.68 bits per heavy atom. The number of nitrogens with zero attached hydrogens (tertiary/aromatic N) is 1. The van der Waals surface area contributed by atoms with Crippen molar-refractivity contribution in [1.82, 2.24) is 4.31 Å². The van der Waals surface area contributed by atoms with Gasteiger partial charge in [0.25, 0.3) is 0 Å². The second-order valence-corrected chi connectivity index (χ2v) is 7.05. The summed E-state index contributed by atoms with van der Waals surface area (Å²) < 4.78 is 39.9. The molecule has 0 spiro atoms. The van der Waals surface area contributed by atoms with E-state index in [2.05, 4.69) is 0 Å². The van der Waals surface area contributed by atoms with E-state index in [-0.39, 0.29) is 17.0 Å². The van der Waals surface area contributed by atoms with E-state index in [1.54, 1.807) is 6.92 Å². The van der Waals surface area contributed by atoms with Gasteiger partial charge in [-0.15, -0.1) is 0 Å². The fourth-order valence-electron chi connectivity index (χ4n) is 2.41. The number of sulfonamides is 1. The lowest BCUT2D eigenvalue weighted by Gasteiger charge is -2.35. The Hall–Kier alpha value is -0.980. The van der Waals surface area contributed by atoms with Crippen LogP contribution in [0.5, 0.6) is 0 Å². The number of piperidine rings is 1. The molecule has 1 aliphatic rings. The van der Waals surface area contributed by atoms with Gasteiger partial charge in [-0.3, -0.25) is 0 Å². The minimum atomic E-state index is -3.64. The first-order valence-corrected chi connectivity index (χ1v) is 7.80. The van der Waals surface area contributed by atoms with Gasteiger partial charge < -0.3 is 5.73 Å². The number of benzene rings is 1. The molecule has 6 heteroatoms. The number of nitrogens with two attached hydrogens (primary N) is 1. The quantitative estimate of drug-likeness (QED) is 0.899. The molecule has 1 saturated heterocycles. The summed E-state index contributed by atoms with van der Waals surface area (Å²) in [4.78, 5) is 0.0120. The van der Waals surface area contributed by atoms with Gasteiger partial charge in [0.05, 0.1) is 4.90 Å². The van der Waals surface area contributed by atoms with Crippen LogP contribution in [-0.2, 0) is 10.0 Å². The molecule has 1 aromatic rings. The Balaban J connectivity index is 2.34. The van der Waals surface area contributed by atoms with Crippen LogP contribution in [0.4, 0.5) is 4.39 Å². The van der Waals surface area contributed by atoms with E-state index >= 15 is 0 Å². The van der Waals surface area contributed by atoms with E-state index in [1.807, 2.05) is 6.92 Å². The maximum Gasteiger partial charge on any atom is 0.243 e. The highest BCUT2D eigenvalue weighted by molar-refractivity contribution is 7.89. The summed E-state index contributed by atoms with van der Waals surface area (Å²) in [5.74, 6) is -0.498. The monoisotopic (exact) mass is 286 g/mol. The fourth-order valence-corrected chi connectivity index (χ4v) is 4.08. The van der Waals surface area contributed by atoms with Crippen LogP contribution in [0, 0.1) is 12.7 Å². The van der Waals surface area contributed by atoms with Crippen LogP contribution in [0.3, 0.4) is 0 Å². The average Bonchev–Trinajstić information content (AvgIpc) is 2.32. The summed E-state index contributed by atoms with van der Waals surface area (Å²) in [5, 5.41) is 0. The first kappa shape index (κ1) is 14.4. The van der Waals surface area contributed by atoms with E-state index < -0.39 is 15.8 Å². The summed E-state index contributed by atoms with van der Waals surface area (Å²) in [6.45, 7) is 3.83. The Morgan fingerprint density at radius 1 is 1.42 bits per heavy atom. The zero-order chi connectivity index (χ0) is 14.2. The molecule has 1 aromatic carbocycles. The second-order valence-electron chi connectivity index (χ2n) is 5.16. The lowest BCUT2D eigenvalue weighted by atomic mass is 10.0. The predicted octanol–water partition coefficient (Wildman–Crippen LogP) is 1.63. The maximum absolute atomic E-state index is 13.5. The molecule has 106 valence electrons. The SMILES string of the molecule is Cc1ccc(S(=O)(=O)N2CC[C@H](N)C[C@H]2C)cc1F. The average molecular weight is 286 g/mol. The van der Waals surface area contributed by atoms with Crippen LogP contribution in [0.2, 0.25) is 0 Å². The summed E-state index contributed by atoms with van der Waals surface area (Å²) in [7, 11) is -3.64. The minimum Gasteiger partial charge on any atom is -0.328 e. The minimum absolute atomic E-state index is 0.0120. The molecule has 0 aliphatic carbocycles. The smallest absolute Gasteiger partial charge is 0.243 e. The van der Waals surface area contributed by atoms with Gasteiger partial charge in [0.1, 0.15) is 5.82 Å². The van der Waals surface area contributed by atoms with Gasteiger partial charge in [0.15, 0.2) is 0 Å². The molecule has 1 fully saturated rings. The van der Waals surface area contributed by atoms with Crippen molar-refractivity contribution in [2.75, 3.05) is 6.54 Å². The molecule has 0 amide bonds. The highest BCUT2D eigenvalue weighted by Crippen LogP contribution is 2.25. The standard InChI is InChI=1S/C13H19FN2O2S/c1-9-3-4-12(8-13(9)14)19(17,18)16-6-5-11(15)7-10(16)2/h3-4,8,10-11H,5-7,15H2,1-2H3/t10-,11+/m1/s1. The van der Waals surface area contributed by atoms with E-state index in [0.717, 1.165) is 6.07 Å². The van der Waals surface area contributed by atoms with Crippen LogP contribution >= 0.6 is 0 Å². The van der Waals surface area contributed by atoms with Gasteiger partial charge in [-0.25, -0.2) is 12.8 Å². The molecular weight excluding hydrogens is 267 g/mol. The number of halogens is 1. The molecule has 2 atom stereocenters. The number of hydrogen-bond donors (Lipinski definition) is 1. The van der Waals surface area contributed by atoms with Gasteiger partial charge >= 0.3 is 0 Å². The molecule has 2 rings (SSSR count). The van der Waals surface area contributed by atoms with E-state index in [4.69, 9.17) is 5.73 Å². The Kier molecular flexibility index (Phi) is 3.94. The molecule has 4 nitrogen and oxygen atoms in total. The zero-order valence-corrected chi connectivity index (χ0v) is 12.0. The number of hydrogen-bond acceptors (Lipinski definition) is 3. The van der Waals surface area contributed by atoms with Crippen molar-refractivity contribution in [3.8, 4) is 0 Å². The van der Waals surface area contributed by atoms with E-state index in [0.29, 0.717) is 24.9 Å². The van der Waals surface area contributed by atoms with Gasteiger partial charge in [-0.2, -0.15) is 4.31 Å². The van der Waals surface area contributed by atoms with Crippen molar-refractivity contribution in [2.45, 2.75) is 43.7 Å². The van der Waals surface area contributed by atoms with Crippen molar-refractivity contribution < 1.29 is 12.8 Å². The van der Waals surface area contributed by atoms with Gasteiger partial charge in [0, 0.05) is 18.6 Å². The first-order valence-electron chi connectivity index (χ1n) is 6.36. The highest BCUT2D eigenvalue weighted by atomic mass is 32.2. The number of aryl methyl sites for hydroxylation is 1. The topological polar surface area (TPSA) is 63.4 Å². The van der Waals surface area contributed by atoms with Crippen LogP contribution in [-0.4, -0.2) is 31.4 Å².